The third-order valence-electron chi connectivity index (χ3n) is 5.38. The van der Waals surface area contributed by atoms with E-state index in [9.17, 15) is 8.42 Å². The molecule has 0 spiro atoms. The second-order valence-electron chi connectivity index (χ2n) is 7.13. The van der Waals surface area contributed by atoms with Gasteiger partial charge in [0, 0.05) is 25.0 Å². The third-order valence-corrected chi connectivity index (χ3v) is 7.27. The summed E-state index contributed by atoms with van der Waals surface area (Å²) in [5.74, 6) is 1.20. The van der Waals surface area contributed by atoms with Crippen molar-refractivity contribution in [2.75, 3.05) is 19.7 Å². The normalized spacial score (nSPS) is 19.0. The number of aryl methyl sites for hydroxylation is 2. The van der Waals surface area contributed by atoms with Crippen LogP contribution in [-0.2, 0) is 16.4 Å². The summed E-state index contributed by atoms with van der Waals surface area (Å²) in [6, 6.07) is 9.40. The Balaban J connectivity index is 1.48. The summed E-state index contributed by atoms with van der Waals surface area (Å²) in [4.78, 5) is 4.75. The van der Waals surface area contributed by atoms with Gasteiger partial charge in [0.1, 0.15) is 5.75 Å². The lowest BCUT2D eigenvalue weighted by Gasteiger charge is -2.31. The summed E-state index contributed by atoms with van der Waals surface area (Å²) in [5.41, 5.74) is 3.21. The Kier molecular flexibility index (Phi) is 4.71. The molecule has 4 rings (SSSR count). The molecular weight excluding hydrogens is 348 g/mol. The minimum Gasteiger partial charge on any atom is -0.493 e. The Morgan fingerprint density at radius 3 is 2.69 bits per heavy atom. The number of nitrogens with zero attached hydrogens (tertiary/aromatic N) is 2. The molecule has 2 aliphatic heterocycles. The second kappa shape index (κ2) is 7.00. The summed E-state index contributed by atoms with van der Waals surface area (Å²) in [6.07, 6.45) is 5.40. The molecule has 0 amide bonds. The van der Waals surface area contributed by atoms with E-state index < -0.39 is 10.0 Å². The number of hydrogen-bond acceptors (Lipinski definition) is 4. The molecule has 1 fully saturated rings. The predicted molar refractivity (Wildman–Crippen MR) is 100.0 cm³/mol. The fourth-order valence-corrected chi connectivity index (χ4v) is 5.32. The van der Waals surface area contributed by atoms with Crippen molar-refractivity contribution in [3.63, 3.8) is 0 Å². The van der Waals surface area contributed by atoms with E-state index in [-0.39, 0.29) is 0 Å². The first-order valence-corrected chi connectivity index (χ1v) is 10.7. The maximum atomic E-state index is 13.0. The summed E-state index contributed by atoms with van der Waals surface area (Å²) >= 11 is 0. The largest absolute Gasteiger partial charge is 0.493 e. The molecule has 0 aliphatic carbocycles. The number of hydrogen-bond donors (Lipinski definition) is 0. The Labute approximate surface area is 155 Å². The van der Waals surface area contributed by atoms with Crippen molar-refractivity contribution in [3.05, 3.63) is 53.3 Å². The lowest BCUT2D eigenvalue weighted by atomic mass is 9.91. The highest BCUT2D eigenvalue weighted by molar-refractivity contribution is 7.89. The van der Waals surface area contributed by atoms with Gasteiger partial charge in [0.25, 0.3) is 0 Å². The van der Waals surface area contributed by atoms with E-state index >= 15 is 0 Å². The van der Waals surface area contributed by atoms with Gasteiger partial charge >= 0.3 is 0 Å². The van der Waals surface area contributed by atoms with E-state index in [1.807, 2.05) is 19.2 Å². The molecule has 138 valence electrons. The monoisotopic (exact) mass is 372 g/mol. The molecule has 0 unspecified atom stereocenters. The number of piperidine rings is 1. The van der Waals surface area contributed by atoms with Crippen LogP contribution in [0.25, 0.3) is 0 Å². The highest BCUT2D eigenvalue weighted by Gasteiger charge is 2.30. The van der Waals surface area contributed by atoms with Crippen LogP contribution in [0, 0.1) is 6.92 Å². The zero-order chi connectivity index (χ0) is 18.1. The van der Waals surface area contributed by atoms with Crippen molar-refractivity contribution in [1.29, 1.82) is 0 Å². The van der Waals surface area contributed by atoms with Crippen LogP contribution >= 0.6 is 0 Å². The SMILES string of the molecule is Cc1ccc(C2CCN(S(=O)(=O)c3ccc4c(c3)CCCO4)CC2)cn1. The van der Waals surface area contributed by atoms with E-state index in [2.05, 4.69) is 11.1 Å². The summed E-state index contributed by atoms with van der Waals surface area (Å²) in [6.45, 7) is 3.78. The standard InChI is InChI=1S/C20H24N2O3S/c1-15-4-5-18(14-21-15)16-8-10-22(11-9-16)26(23,24)19-6-7-20-17(13-19)3-2-12-25-20/h4-7,13-14,16H,2-3,8-12H2,1H3. The van der Waals surface area contributed by atoms with Gasteiger partial charge < -0.3 is 4.74 Å². The summed E-state index contributed by atoms with van der Waals surface area (Å²) in [7, 11) is -3.45. The first kappa shape index (κ1) is 17.5. The van der Waals surface area contributed by atoms with Crippen molar-refractivity contribution in [3.8, 4) is 5.75 Å². The molecule has 3 heterocycles. The average Bonchev–Trinajstić information content (AvgIpc) is 2.68. The number of rotatable bonds is 3. The van der Waals surface area contributed by atoms with Crippen LogP contribution in [0.15, 0.2) is 41.4 Å². The van der Waals surface area contributed by atoms with E-state index in [0.717, 1.165) is 42.7 Å². The minimum atomic E-state index is -3.45. The molecule has 0 atom stereocenters. The Morgan fingerprint density at radius 2 is 1.96 bits per heavy atom. The molecule has 1 aromatic carbocycles. The van der Waals surface area contributed by atoms with Crippen molar-refractivity contribution < 1.29 is 13.2 Å². The molecule has 2 aromatic rings. The molecule has 1 saturated heterocycles. The Morgan fingerprint density at radius 1 is 1.15 bits per heavy atom. The fourth-order valence-electron chi connectivity index (χ4n) is 3.80. The van der Waals surface area contributed by atoms with E-state index in [4.69, 9.17) is 4.74 Å². The van der Waals surface area contributed by atoms with Crippen LogP contribution in [0.4, 0.5) is 0 Å². The second-order valence-corrected chi connectivity index (χ2v) is 9.07. The van der Waals surface area contributed by atoms with E-state index in [1.165, 1.54) is 5.56 Å². The van der Waals surface area contributed by atoms with Gasteiger partial charge in [0.2, 0.25) is 10.0 Å². The van der Waals surface area contributed by atoms with Crippen LogP contribution < -0.4 is 4.74 Å². The number of pyridine rings is 1. The van der Waals surface area contributed by atoms with Crippen LogP contribution in [0.3, 0.4) is 0 Å². The van der Waals surface area contributed by atoms with E-state index in [0.29, 0.717) is 30.5 Å². The van der Waals surface area contributed by atoms with Crippen LogP contribution in [0.1, 0.15) is 42.0 Å². The van der Waals surface area contributed by atoms with Crippen LogP contribution in [0.2, 0.25) is 0 Å². The quantitative estimate of drug-likeness (QED) is 0.830. The van der Waals surface area contributed by atoms with Gasteiger partial charge in [-0.2, -0.15) is 4.31 Å². The molecular formula is C20H24N2O3S. The Bertz CT molecular complexity index is 886. The maximum absolute atomic E-state index is 13.0. The molecule has 0 radical (unpaired) electrons. The van der Waals surface area contributed by atoms with Crippen molar-refractivity contribution >= 4 is 10.0 Å². The van der Waals surface area contributed by atoms with Gasteiger partial charge in [-0.1, -0.05) is 6.07 Å². The highest BCUT2D eigenvalue weighted by atomic mass is 32.2. The molecule has 6 heteroatoms. The molecule has 0 N–H and O–H groups in total. The number of sulfonamides is 1. The molecule has 0 bridgehead atoms. The average molecular weight is 372 g/mol. The number of fused-ring (bicyclic) bond motifs is 1. The van der Waals surface area contributed by atoms with Gasteiger partial charge in [0.05, 0.1) is 11.5 Å². The Hall–Kier alpha value is -1.92. The fraction of sp³-hybridized carbons (Fsp3) is 0.450. The first-order valence-electron chi connectivity index (χ1n) is 9.22. The van der Waals surface area contributed by atoms with Gasteiger partial charge in [-0.3, -0.25) is 4.98 Å². The topological polar surface area (TPSA) is 59.5 Å². The van der Waals surface area contributed by atoms with Crippen molar-refractivity contribution in [1.82, 2.24) is 9.29 Å². The molecule has 26 heavy (non-hydrogen) atoms. The summed E-state index contributed by atoms with van der Waals surface area (Å²) in [5, 5.41) is 0. The van der Waals surface area contributed by atoms with Crippen molar-refractivity contribution in [2.24, 2.45) is 0 Å². The van der Waals surface area contributed by atoms with Gasteiger partial charge in [-0.15, -0.1) is 0 Å². The predicted octanol–water partition coefficient (Wildman–Crippen LogP) is 3.28. The lowest BCUT2D eigenvalue weighted by Crippen LogP contribution is -2.38. The molecule has 0 saturated carbocycles. The lowest BCUT2D eigenvalue weighted by molar-refractivity contribution is 0.287. The van der Waals surface area contributed by atoms with E-state index in [1.54, 1.807) is 22.5 Å². The minimum absolute atomic E-state index is 0.381. The molecule has 2 aliphatic rings. The zero-order valence-electron chi connectivity index (χ0n) is 15.0. The number of aromatic nitrogens is 1. The summed E-state index contributed by atoms with van der Waals surface area (Å²) < 4.78 is 33.3. The van der Waals surface area contributed by atoms with Gasteiger partial charge in [-0.05, 0) is 73.9 Å². The highest BCUT2D eigenvalue weighted by Crippen LogP contribution is 2.32. The van der Waals surface area contributed by atoms with Crippen LogP contribution in [0.5, 0.6) is 5.75 Å². The molecule has 1 aromatic heterocycles. The zero-order valence-corrected chi connectivity index (χ0v) is 15.8. The van der Waals surface area contributed by atoms with Crippen molar-refractivity contribution in [2.45, 2.75) is 43.4 Å². The number of ether oxygens (including phenoxy) is 1. The molecule has 5 nitrogen and oxygen atoms in total. The maximum Gasteiger partial charge on any atom is 0.243 e. The van der Waals surface area contributed by atoms with Gasteiger partial charge in [-0.25, -0.2) is 8.42 Å². The first-order chi connectivity index (χ1) is 12.5. The smallest absolute Gasteiger partial charge is 0.243 e. The number of benzene rings is 1. The van der Waals surface area contributed by atoms with Gasteiger partial charge in [0.15, 0.2) is 0 Å². The van der Waals surface area contributed by atoms with Crippen LogP contribution in [-0.4, -0.2) is 37.4 Å². The third kappa shape index (κ3) is 3.35.